The second-order valence-corrected chi connectivity index (χ2v) is 16.3. The molecule has 1 aliphatic heterocycles. The Morgan fingerprint density at radius 2 is 1.33 bits per heavy atom. The van der Waals surface area contributed by atoms with Crippen molar-refractivity contribution in [2.75, 3.05) is 13.6 Å². The van der Waals surface area contributed by atoms with Crippen molar-refractivity contribution in [3.63, 3.8) is 0 Å². The SMILES string of the molecule is C=C/C(=C\C=C(/C)C1=CC=CCN1C)c1c2cc(-c3ccc4ccccc4c3)ccc2c(C(/C=C\C(C)C(=C)/C=C\C=C/C(C)CC)=C/C)c2cc(-c3ccccc3)ccc12. The van der Waals surface area contributed by atoms with Gasteiger partial charge in [0.15, 0.2) is 0 Å². The Balaban J connectivity index is 1.47. The third-order valence-corrected chi connectivity index (χ3v) is 12.2. The fourth-order valence-corrected chi connectivity index (χ4v) is 8.22. The molecule has 0 bridgehead atoms. The largest absolute Gasteiger partial charge is 0.371 e. The number of benzene rings is 6. The summed E-state index contributed by atoms with van der Waals surface area (Å²) in [5.41, 5.74) is 12.9. The van der Waals surface area contributed by atoms with Crippen molar-refractivity contribution >= 4 is 43.5 Å². The molecule has 2 atom stereocenters. The summed E-state index contributed by atoms with van der Waals surface area (Å²) in [5, 5.41) is 7.25. The van der Waals surface area contributed by atoms with Gasteiger partial charge in [0.1, 0.15) is 0 Å². The Morgan fingerprint density at radius 3 is 2.00 bits per heavy atom. The van der Waals surface area contributed by atoms with Gasteiger partial charge in [-0.2, -0.15) is 0 Å². The Hall–Kier alpha value is -6.70. The lowest BCUT2D eigenvalue weighted by Gasteiger charge is -2.24. The van der Waals surface area contributed by atoms with E-state index in [1.54, 1.807) is 0 Å². The number of hydrogen-bond donors (Lipinski definition) is 0. The van der Waals surface area contributed by atoms with Crippen LogP contribution in [0.5, 0.6) is 0 Å². The van der Waals surface area contributed by atoms with Crippen LogP contribution in [0.2, 0.25) is 0 Å². The predicted molar refractivity (Wildman–Crippen MR) is 270 cm³/mol. The maximum Gasteiger partial charge on any atom is 0.0396 e. The molecule has 1 nitrogen and oxygen atoms in total. The second kappa shape index (κ2) is 19.6. The average Bonchev–Trinajstić information content (AvgIpc) is 3.30. The zero-order valence-electron chi connectivity index (χ0n) is 36.8. The van der Waals surface area contributed by atoms with E-state index in [4.69, 9.17) is 0 Å². The standard InChI is InChI=1S/C60H59N/c1-9-42(4)21-15-16-22-43(5)44(6)28-30-46(10-2)59-55-37-35-53(51-33-32-49-25-17-18-26-50(49)39-51)41-57(55)60(47(11-3)31-29-45(7)58-27-19-20-38-61(58)8)54-36-34-52(40-56(54)59)48-23-13-12-14-24-48/h10-37,39-42,44H,3,5,9,38H2,1-2,4,6-8H3/b21-15-,22-16-,30-28-,45-29+,46-10+,47-31+. The van der Waals surface area contributed by atoms with E-state index in [1.165, 1.54) is 82.5 Å². The molecule has 0 radical (unpaired) electrons. The van der Waals surface area contributed by atoms with E-state index < -0.39 is 0 Å². The van der Waals surface area contributed by atoms with Crippen LogP contribution in [0.4, 0.5) is 0 Å². The molecular weight excluding hydrogens is 735 g/mol. The number of nitrogens with zero attached hydrogens (tertiary/aromatic N) is 1. The van der Waals surface area contributed by atoms with E-state index in [-0.39, 0.29) is 5.92 Å². The predicted octanol–water partition coefficient (Wildman–Crippen LogP) is 16.7. The first-order valence-electron chi connectivity index (χ1n) is 21.8. The first-order valence-corrected chi connectivity index (χ1v) is 21.8. The van der Waals surface area contributed by atoms with Crippen molar-refractivity contribution in [2.45, 2.75) is 41.0 Å². The summed E-state index contributed by atoms with van der Waals surface area (Å²) in [6, 6.07) is 40.1. The minimum Gasteiger partial charge on any atom is -0.371 e. The summed E-state index contributed by atoms with van der Waals surface area (Å²) in [7, 11) is 2.15. The maximum atomic E-state index is 4.45. The quantitative estimate of drug-likeness (QED) is 0.0784. The van der Waals surface area contributed by atoms with Gasteiger partial charge in [0.05, 0.1) is 0 Å². The smallest absolute Gasteiger partial charge is 0.0396 e. The highest BCUT2D eigenvalue weighted by molar-refractivity contribution is 6.19. The van der Waals surface area contributed by atoms with E-state index in [1.807, 2.05) is 6.08 Å². The highest BCUT2D eigenvalue weighted by Crippen LogP contribution is 2.44. The maximum absolute atomic E-state index is 4.45. The molecule has 304 valence electrons. The average molecular weight is 794 g/mol. The van der Waals surface area contributed by atoms with E-state index in [2.05, 4.69) is 242 Å². The highest BCUT2D eigenvalue weighted by Gasteiger charge is 2.20. The Morgan fingerprint density at radius 1 is 0.689 bits per heavy atom. The van der Waals surface area contributed by atoms with Gasteiger partial charge in [0.25, 0.3) is 0 Å². The highest BCUT2D eigenvalue weighted by atomic mass is 15.1. The monoisotopic (exact) mass is 793 g/mol. The molecule has 0 aromatic heterocycles. The number of hydrogen-bond acceptors (Lipinski definition) is 1. The number of allylic oxidation sites excluding steroid dienone is 16. The van der Waals surface area contributed by atoms with Gasteiger partial charge >= 0.3 is 0 Å². The van der Waals surface area contributed by atoms with Gasteiger partial charge in [-0.25, -0.2) is 0 Å². The minimum atomic E-state index is 0.151. The molecule has 1 heterocycles. The summed E-state index contributed by atoms with van der Waals surface area (Å²) in [4.78, 5) is 2.29. The lowest BCUT2D eigenvalue weighted by Crippen LogP contribution is -2.20. The van der Waals surface area contributed by atoms with Crippen molar-refractivity contribution in [3.05, 3.63) is 229 Å². The first kappa shape index (κ1) is 42.4. The molecule has 2 unspecified atom stereocenters. The Labute approximate surface area is 364 Å². The second-order valence-electron chi connectivity index (χ2n) is 16.3. The van der Waals surface area contributed by atoms with Crippen molar-refractivity contribution in [1.82, 2.24) is 4.90 Å². The van der Waals surface area contributed by atoms with Gasteiger partial charge in [-0.05, 0) is 138 Å². The van der Waals surface area contributed by atoms with Gasteiger partial charge in [-0.15, -0.1) is 0 Å². The van der Waals surface area contributed by atoms with Crippen LogP contribution in [0.15, 0.2) is 218 Å². The molecule has 7 rings (SSSR count). The van der Waals surface area contributed by atoms with E-state index >= 15 is 0 Å². The first-order chi connectivity index (χ1) is 29.7. The zero-order chi connectivity index (χ0) is 42.9. The molecular formula is C60H59N. The molecule has 0 fully saturated rings. The number of likely N-dealkylation sites (N-methyl/N-ethyl adjacent to an activating group) is 1. The molecule has 0 saturated heterocycles. The van der Waals surface area contributed by atoms with Crippen LogP contribution in [0.3, 0.4) is 0 Å². The fraction of sp³-hybridized carbons (Fsp3) is 0.167. The number of rotatable bonds is 14. The van der Waals surface area contributed by atoms with E-state index in [0.29, 0.717) is 5.92 Å². The van der Waals surface area contributed by atoms with Crippen LogP contribution in [-0.2, 0) is 0 Å². The van der Waals surface area contributed by atoms with Crippen LogP contribution in [0.25, 0.3) is 65.7 Å². The van der Waals surface area contributed by atoms with E-state index in [0.717, 1.165) is 24.1 Å². The van der Waals surface area contributed by atoms with Crippen LogP contribution in [-0.4, -0.2) is 18.5 Å². The van der Waals surface area contributed by atoms with Gasteiger partial charge in [-0.1, -0.05) is 204 Å². The van der Waals surface area contributed by atoms with Crippen molar-refractivity contribution in [1.29, 1.82) is 0 Å². The van der Waals surface area contributed by atoms with Crippen molar-refractivity contribution in [3.8, 4) is 22.3 Å². The third kappa shape index (κ3) is 9.53. The molecule has 1 aliphatic rings. The topological polar surface area (TPSA) is 3.24 Å². The lowest BCUT2D eigenvalue weighted by atomic mass is 9.83. The summed E-state index contributed by atoms with van der Waals surface area (Å²) < 4.78 is 0. The molecule has 0 amide bonds. The van der Waals surface area contributed by atoms with Crippen molar-refractivity contribution < 1.29 is 0 Å². The van der Waals surface area contributed by atoms with E-state index in [9.17, 15) is 0 Å². The Bertz CT molecular complexity index is 2840. The van der Waals surface area contributed by atoms with Gasteiger partial charge in [0.2, 0.25) is 0 Å². The fourth-order valence-electron chi connectivity index (χ4n) is 8.22. The molecule has 0 N–H and O–H groups in total. The molecule has 6 aromatic rings. The summed E-state index contributed by atoms with van der Waals surface area (Å²) in [6.45, 7) is 20.8. The van der Waals surface area contributed by atoms with Crippen LogP contribution in [0.1, 0.15) is 52.2 Å². The number of fused-ring (bicyclic) bond motifs is 3. The van der Waals surface area contributed by atoms with Crippen molar-refractivity contribution in [2.24, 2.45) is 11.8 Å². The molecule has 61 heavy (non-hydrogen) atoms. The third-order valence-electron chi connectivity index (χ3n) is 12.2. The molecule has 0 spiro atoms. The minimum absolute atomic E-state index is 0.151. The normalized spacial score (nSPS) is 15.1. The van der Waals surface area contributed by atoms with Crippen LogP contribution >= 0.6 is 0 Å². The molecule has 1 heteroatoms. The zero-order valence-corrected chi connectivity index (χ0v) is 36.8. The van der Waals surface area contributed by atoms with Gasteiger partial charge < -0.3 is 4.90 Å². The molecule has 0 saturated carbocycles. The summed E-state index contributed by atoms with van der Waals surface area (Å²) >= 11 is 0. The lowest BCUT2D eigenvalue weighted by molar-refractivity contribution is 0.467. The Kier molecular flexibility index (Phi) is 13.6. The van der Waals surface area contributed by atoms with Gasteiger partial charge in [0, 0.05) is 19.3 Å². The summed E-state index contributed by atoms with van der Waals surface area (Å²) in [5.74, 6) is 0.714. The summed E-state index contributed by atoms with van der Waals surface area (Å²) in [6.07, 6.45) is 29.7. The molecule has 6 aromatic carbocycles. The van der Waals surface area contributed by atoms with Crippen LogP contribution < -0.4 is 0 Å². The van der Waals surface area contributed by atoms with Gasteiger partial charge in [-0.3, -0.25) is 0 Å². The van der Waals surface area contributed by atoms with Crippen LogP contribution in [0, 0.1) is 11.8 Å². The molecule has 0 aliphatic carbocycles.